The molecule has 0 bridgehead atoms. The van der Waals surface area contributed by atoms with E-state index in [4.69, 9.17) is 4.74 Å². The molecule has 11 heavy (non-hydrogen) atoms. The van der Waals surface area contributed by atoms with Crippen molar-refractivity contribution >= 4 is 5.97 Å². The topological polar surface area (TPSA) is 49.4 Å². The van der Waals surface area contributed by atoms with E-state index in [2.05, 4.69) is 0 Å². The lowest BCUT2D eigenvalue weighted by molar-refractivity contribution is -0.309. The molecule has 0 heterocycles. The molecule has 1 fully saturated rings. The van der Waals surface area contributed by atoms with Crippen molar-refractivity contribution in [1.82, 2.24) is 0 Å². The first-order chi connectivity index (χ1) is 5.01. The van der Waals surface area contributed by atoms with Gasteiger partial charge in [0.25, 0.3) is 0 Å². The third-order valence-electron chi connectivity index (χ3n) is 2.33. The highest BCUT2D eigenvalue weighted by molar-refractivity contribution is 5.74. The quantitative estimate of drug-likeness (QED) is 0.570. The third kappa shape index (κ3) is 1.25. The first-order valence-corrected chi connectivity index (χ1v) is 3.84. The molecule has 0 N–H and O–H groups in total. The lowest BCUT2D eigenvalue weighted by Gasteiger charge is -2.00. The van der Waals surface area contributed by atoms with Gasteiger partial charge in [-0.15, -0.1) is 0 Å². The molecular weight excluding hydrogens is 144 g/mol. The molecule has 1 aliphatic carbocycles. The van der Waals surface area contributed by atoms with E-state index in [9.17, 15) is 9.90 Å². The van der Waals surface area contributed by atoms with Crippen LogP contribution in [0.5, 0.6) is 0 Å². The van der Waals surface area contributed by atoms with E-state index in [1.165, 1.54) is 0 Å². The fourth-order valence-corrected chi connectivity index (χ4v) is 1.51. The molecule has 1 rings (SSSR count). The fraction of sp³-hybridized carbons (Fsp3) is 0.875. The number of carbonyl (C=O) groups excluding carboxylic acids is 1. The van der Waals surface area contributed by atoms with Crippen molar-refractivity contribution in [2.24, 2.45) is 11.3 Å². The van der Waals surface area contributed by atoms with Gasteiger partial charge in [0.2, 0.25) is 0 Å². The van der Waals surface area contributed by atoms with E-state index < -0.39 is 11.9 Å². The summed E-state index contributed by atoms with van der Waals surface area (Å²) in [5.74, 6) is -1.41. The molecule has 1 aliphatic rings. The van der Waals surface area contributed by atoms with Crippen molar-refractivity contribution in [1.29, 1.82) is 0 Å². The first kappa shape index (κ1) is 8.53. The number of aliphatic carboxylic acids is 1. The smallest absolute Gasteiger partial charge is 0.0719 e. The van der Waals surface area contributed by atoms with Gasteiger partial charge in [-0.05, 0) is 6.92 Å². The predicted molar refractivity (Wildman–Crippen MR) is 37.7 cm³/mol. The number of rotatable bonds is 3. The standard InChI is InChI=1S/C8H14O3/c1-4-11-6-5(7(9)10)8(6,2)3/h5-6H,4H2,1-3H3,(H,9,10)/p-1. The average molecular weight is 157 g/mol. The minimum absolute atomic E-state index is 0.141. The Bertz CT molecular complexity index is 174. The SMILES string of the molecule is CCOC1C(C(=O)[O-])C1(C)C. The largest absolute Gasteiger partial charge is 0.550 e. The van der Waals surface area contributed by atoms with Gasteiger partial charge in [0.1, 0.15) is 0 Å². The van der Waals surface area contributed by atoms with Gasteiger partial charge in [0.15, 0.2) is 0 Å². The van der Waals surface area contributed by atoms with E-state index in [1.54, 1.807) is 0 Å². The maximum absolute atomic E-state index is 10.5. The molecule has 64 valence electrons. The Morgan fingerprint density at radius 2 is 2.18 bits per heavy atom. The van der Waals surface area contributed by atoms with Crippen LogP contribution in [0, 0.1) is 11.3 Å². The van der Waals surface area contributed by atoms with Gasteiger partial charge < -0.3 is 14.6 Å². The number of carboxylic acids is 1. The predicted octanol–water partition coefficient (Wildman–Crippen LogP) is -0.203. The molecule has 0 aromatic rings. The molecule has 0 radical (unpaired) electrons. The highest BCUT2D eigenvalue weighted by Crippen LogP contribution is 2.53. The normalized spacial score (nSPS) is 33.4. The second-order valence-corrected chi connectivity index (χ2v) is 3.49. The van der Waals surface area contributed by atoms with E-state index in [-0.39, 0.29) is 11.5 Å². The van der Waals surface area contributed by atoms with E-state index in [0.717, 1.165) is 0 Å². The highest BCUT2D eigenvalue weighted by Gasteiger charge is 2.59. The summed E-state index contributed by atoms with van der Waals surface area (Å²) in [5, 5.41) is 10.5. The third-order valence-corrected chi connectivity index (χ3v) is 2.33. The number of carboxylic acid groups (broad SMARTS) is 1. The summed E-state index contributed by atoms with van der Waals surface area (Å²) in [5.41, 5.74) is -0.227. The maximum atomic E-state index is 10.5. The Kier molecular flexibility index (Phi) is 1.92. The Hall–Kier alpha value is -0.570. The van der Waals surface area contributed by atoms with Crippen LogP contribution in [0.25, 0.3) is 0 Å². The first-order valence-electron chi connectivity index (χ1n) is 3.84. The van der Waals surface area contributed by atoms with Gasteiger partial charge >= 0.3 is 0 Å². The molecule has 2 unspecified atom stereocenters. The van der Waals surface area contributed by atoms with Crippen molar-refractivity contribution < 1.29 is 14.6 Å². The van der Waals surface area contributed by atoms with Crippen LogP contribution in [0.2, 0.25) is 0 Å². The number of hydrogen-bond acceptors (Lipinski definition) is 3. The summed E-state index contributed by atoms with van der Waals surface area (Å²) in [7, 11) is 0. The summed E-state index contributed by atoms with van der Waals surface area (Å²) in [6, 6.07) is 0. The van der Waals surface area contributed by atoms with Crippen LogP contribution in [0.15, 0.2) is 0 Å². The van der Waals surface area contributed by atoms with Crippen LogP contribution in [-0.2, 0) is 9.53 Å². The average Bonchev–Trinajstić information content (AvgIpc) is 2.35. The molecule has 0 amide bonds. The molecule has 1 saturated carbocycles. The summed E-state index contributed by atoms with van der Waals surface area (Å²) in [4.78, 5) is 10.5. The summed E-state index contributed by atoms with van der Waals surface area (Å²) in [6.45, 7) is 6.19. The van der Waals surface area contributed by atoms with Crippen molar-refractivity contribution in [3.8, 4) is 0 Å². The van der Waals surface area contributed by atoms with E-state index in [0.29, 0.717) is 6.61 Å². The molecule has 3 nitrogen and oxygen atoms in total. The molecule has 3 heteroatoms. The zero-order valence-electron chi connectivity index (χ0n) is 7.09. The molecular formula is C8H13O3-. The van der Waals surface area contributed by atoms with Crippen molar-refractivity contribution in [2.45, 2.75) is 26.9 Å². The monoisotopic (exact) mass is 157 g/mol. The zero-order chi connectivity index (χ0) is 8.65. The Balaban J connectivity index is 2.53. The molecule has 0 aliphatic heterocycles. The number of hydrogen-bond donors (Lipinski definition) is 0. The second kappa shape index (κ2) is 2.48. The molecule has 0 saturated heterocycles. The molecule has 0 aromatic heterocycles. The van der Waals surface area contributed by atoms with Crippen LogP contribution >= 0.6 is 0 Å². The maximum Gasteiger partial charge on any atom is 0.0719 e. The fourth-order valence-electron chi connectivity index (χ4n) is 1.51. The lowest BCUT2D eigenvalue weighted by Crippen LogP contribution is -2.27. The number of ether oxygens (including phenoxy) is 1. The Morgan fingerprint density at radius 3 is 2.45 bits per heavy atom. The summed E-state index contributed by atoms with van der Waals surface area (Å²) >= 11 is 0. The van der Waals surface area contributed by atoms with Gasteiger partial charge in [-0.1, -0.05) is 13.8 Å². The van der Waals surface area contributed by atoms with Gasteiger partial charge in [0, 0.05) is 23.9 Å². The lowest BCUT2D eigenvalue weighted by atomic mass is 10.1. The molecule has 0 spiro atoms. The number of carbonyl (C=O) groups is 1. The second-order valence-electron chi connectivity index (χ2n) is 3.49. The van der Waals surface area contributed by atoms with Crippen LogP contribution in [0.1, 0.15) is 20.8 Å². The minimum Gasteiger partial charge on any atom is -0.550 e. The van der Waals surface area contributed by atoms with Crippen molar-refractivity contribution in [2.75, 3.05) is 6.61 Å². The van der Waals surface area contributed by atoms with E-state index in [1.807, 2.05) is 20.8 Å². The highest BCUT2D eigenvalue weighted by atomic mass is 16.5. The Morgan fingerprint density at radius 1 is 1.64 bits per heavy atom. The summed E-state index contributed by atoms with van der Waals surface area (Å²) < 4.78 is 5.22. The summed E-state index contributed by atoms with van der Waals surface area (Å²) in [6.07, 6.45) is -0.141. The van der Waals surface area contributed by atoms with E-state index >= 15 is 0 Å². The van der Waals surface area contributed by atoms with Gasteiger partial charge in [0.05, 0.1) is 6.10 Å². The van der Waals surface area contributed by atoms with Gasteiger partial charge in [-0.3, -0.25) is 0 Å². The molecule has 0 aromatic carbocycles. The van der Waals surface area contributed by atoms with Crippen molar-refractivity contribution in [3.63, 3.8) is 0 Å². The van der Waals surface area contributed by atoms with Crippen molar-refractivity contribution in [3.05, 3.63) is 0 Å². The van der Waals surface area contributed by atoms with Crippen LogP contribution in [0.4, 0.5) is 0 Å². The minimum atomic E-state index is -0.992. The zero-order valence-corrected chi connectivity index (χ0v) is 7.09. The van der Waals surface area contributed by atoms with Crippen LogP contribution in [-0.4, -0.2) is 18.7 Å². The van der Waals surface area contributed by atoms with Crippen LogP contribution in [0.3, 0.4) is 0 Å². The molecule has 2 atom stereocenters. The Labute approximate surface area is 66.4 Å². The van der Waals surface area contributed by atoms with Gasteiger partial charge in [-0.25, -0.2) is 0 Å². The van der Waals surface area contributed by atoms with Crippen LogP contribution < -0.4 is 5.11 Å². The van der Waals surface area contributed by atoms with Gasteiger partial charge in [-0.2, -0.15) is 0 Å².